The van der Waals surface area contributed by atoms with E-state index in [-0.39, 0.29) is 11.7 Å². The van der Waals surface area contributed by atoms with Crippen molar-refractivity contribution in [2.45, 2.75) is 45.2 Å². The number of benzene rings is 1. The minimum absolute atomic E-state index is 0.0785. The second-order valence-electron chi connectivity index (χ2n) is 8.98. The number of amides is 1. The van der Waals surface area contributed by atoms with Crippen LogP contribution in [-0.4, -0.2) is 76.7 Å². The Labute approximate surface area is 187 Å². The third-order valence-corrected chi connectivity index (χ3v) is 8.10. The predicted octanol–water partition coefficient (Wildman–Crippen LogP) is 3.07. The van der Waals surface area contributed by atoms with Crippen LogP contribution in [0.25, 0.3) is 10.6 Å². The van der Waals surface area contributed by atoms with E-state index >= 15 is 0 Å². The van der Waals surface area contributed by atoms with Crippen molar-refractivity contribution in [2.24, 2.45) is 0 Å². The molecule has 1 saturated carbocycles. The zero-order valence-corrected chi connectivity index (χ0v) is 19.0. The summed E-state index contributed by atoms with van der Waals surface area (Å²) in [6.07, 6.45) is 4.92. The number of carbonyl (C=O) groups excluding carboxylic acids is 2. The minimum atomic E-state index is 0.0785. The normalized spacial score (nSPS) is 20.4. The monoisotopic (exact) mass is 438 g/mol. The van der Waals surface area contributed by atoms with E-state index < -0.39 is 0 Å². The van der Waals surface area contributed by atoms with Crippen molar-refractivity contribution in [3.05, 3.63) is 40.4 Å². The molecule has 1 amide bonds. The Balaban J connectivity index is 1.17. The number of fused-ring (bicyclic) bond motifs is 1. The van der Waals surface area contributed by atoms with Gasteiger partial charge in [-0.3, -0.25) is 19.4 Å². The van der Waals surface area contributed by atoms with Crippen LogP contribution >= 0.6 is 11.3 Å². The molecule has 1 aromatic heterocycles. The van der Waals surface area contributed by atoms with Gasteiger partial charge in [-0.15, -0.1) is 11.3 Å². The van der Waals surface area contributed by atoms with Crippen molar-refractivity contribution in [3.8, 4) is 10.6 Å². The van der Waals surface area contributed by atoms with Gasteiger partial charge in [0.2, 0.25) is 5.91 Å². The molecule has 0 spiro atoms. The average molecular weight is 439 g/mol. The average Bonchev–Trinajstić information content (AvgIpc) is 3.16. The maximum Gasteiger partial charge on any atom is 0.236 e. The van der Waals surface area contributed by atoms with E-state index in [0.29, 0.717) is 6.54 Å². The number of piperazine rings is 1. The van der Waals surface area contributed by atoms with E-state index in [9.17, 15) is 9.59 Å². The highest BCUT2D eigenvalue weighted by atomic mass is 32.1. The van der Waals surface area contributed by atoms with Gasteiger partial charge >= 0.3 is 0 Å². The third kappa shape index (κ3) is 4.45. The largest absolute Gasteiger partial charge is 0.339 e. The first kappa shape index (κ1) is 20.8. The molecule has 2 aromatic rings. The van der Waals surface area contributed by atoms with Crippen LogP contribution in [0.2, 0.25) is 0 Å². The molecule has 6 nitrogen and oxygen atoms in total. The quantitative estimate of drug-likeness (QED) is 0.672. The van der Waals surface area contributed by atoms with Gasteiger partial charge in [-0.1, -0.05) is 30.7 Å². The van der Waals surface area contributed by atoms with Crippen LogP contribution in [-0.2, 0) is 17.8 Å². The van der Waals surface area contributed by atoms with E-state index in [1.54, 1.807) is 18.3 Å². The van der Waals surface area contributed by atoms with Crippen LogP contribution < -0.4 is 0 Å². The first-order chi connectivity index (χ1) is 15.1. The molecule has 0 atom stereocenters. The molecule has 0 bridgehead atoms. The molecule has 5 rings (SSSR count). The van der Waals surface area contributed by atoms with Gasteiger partial charge in [0, 0.05) is 67.7 Å². The van der Waals surface area contributed by atoms with Crippen LogP contribution in [0.3, 0.4) is 0 Å². The minimum Gasteiger partial charge on any atom is -0.339 e. The second-order valence-corrected chi connectivity index (χ2v) is 10.1. The molecule has 3 aliphatic rings. The van der Waals surface area contributed by atoms with E-state index in [1.165, 1.54) is 24.1 Å². The molecule has 31 heavy (non-hydrogen) atoms. The number of carbonyl (C=O) groups is 2. The van der Waals surface area contributed by atoms with Crippen LogP contribution in [0.4, 0.5) is 0 Å². The summed E-state index contributed by atoms with van der Waals surface area (Å²) < 4.78 is 0. The van der Waals surface area contributed by atoms with Crippen molar-refractivity contribution in [1.29, 1.82) is 0 Å². The number of rotatable bonds is 5. The zero-order chi connectivity index (χ0) is 21.4. The molecular weight excluding hydrogens is 408 g/mol. The number of Topliss-reactive ketones (excluding diaryl/α,β-unsaturated/α-hetero) is 1. The van der Waals surface area contributed by atoms with Crippen LogP contribution in [0.1, 0.15) is 47.1 Å². The number of hydrogen-bond acceptors (Lipinski definition) is 6. The lowest BCUT2D eigenvalue weighted by molar-refractivity contribution is -0.135. The van der Waals surface area contributed by atoms with Crippen molar-refractivity contribution in [3.63, 3.8) is 0 Å². The van der Waals surface area contributed by atoms with Crippen LogP contribution in [0, 0.1) is 0 Å². The zero-order valence-electron chi connectivity index (χ0n) is 18.2. The fourth-order valence-electron chi connectivity index (χ4n) is 4.73. The molecule has 3 heterocycles. The molecule has 0 N–H and O–H groups in total. The van der Waals surface area contributed by atoms with Gasteiger partial charge < -0.3 is 4.90 Å². The van der Waals surface area contributed by atoms with Crippen molar-refractivity contribution in [1.82, 2.24) is 19.7 Å². The standard InChI is InChI=1S/C24H30N4O2S/c1-17(29)18-5-7-19(8-6-18)24-25-21-9-10-26(15-22(21)31-24)16-23(30)28-13-11-27(12-14-28)20-3-2-4-20/h5-8,20H,2-4,9-16H2,1H3. The Hall–Kier alpha value is -2.09. The number of thiazole rings is 1. The van der Waals surface area contributed by atoms with E-state index in [4.69, 9.17) is 4.98 Å². The number of ketones is 1. The number of aromatic nitrogens is 1. The lowest BCUT2D eigenvalue weighted by atomic mass is 9.91. The Bertz CT molecular complexity index is 958. The molecule has 0 radical (unpaired) electrons. The number of nitrogens with zero attached hydrogens (tertiary/aromatic N) is 4. The van der Waals surface area contributed by atoms with Gasteiger partial charge in [0.05, 0.1) is 12.2 Å². The SMILES string of the molecule is CC(=O)c1ccc(-c2nc3c(s2)CN(CC(=O)N2CCN(C4CCC4)CC2)CC3)cc1. The summed E-state index contributed by atoms with van der Waals surface area (Å²) >= 11 is 1.71. The first-order valence-electron chi connectivity index (χ1n) is 11.4. The summed E-state index contributed by atoms with van der Waals surface area (Å²) in [7, 11) is 0. The second kappa shape index (κ2) is 8.81. The van der Waals surface area contributed by atoms with Gasteiger partial charge in [0.15, 0.2) is 5.78 Å². The topological polar surface area (TPSA) is 56.8 Å². The maximum absolute atomic E-state index is 12.9. The summed E-state index contributed by atoms with van der Waals surface area (Å²) in [5, 5.41) is 1.00. The first-order valence-corrected chi connectivity index (χ1v) is 12.2. The summed E-state index contributed by atoms with van der Waals surface area (Å²) in [5.74, 6) is 0.344. The van der Waals surface area contributed by atoms with Gasteiger partial charge in [-0.05, 0) is 19.8 Å². The maximum atomic E-state index is 12.9. The molecule has 1 aromatic carbocycles. The molecule has 0 unspecified atom stereocenters. The molecule has 2 fully saturated rings. The lowest BCUT2D eigenvalue weighted by Crippen LogP contribution is -2.55. The summed E-state index contributed by atoms with van der Waals surface area (Å²) in [4.78, 5) is 37.4. The Morgan fingerprint density at radius 3 is 2.45 bits per heavy atom. The lowest BCUT2D eigenvalue weighted by Gasteiger charge is -2.43. The molecular formula is C24H30N4O2S. The van der Waals surface area contributed by atoms with Gasteiger partial charge in [-0.25, -0.2) is 4.98 Å². The van der Waals surface area contributed by atoms with E-state index in [1.807, 2.05) is 24.3 Å². The van der Waals surface area contributed by atoms with Crippen molar-refractivity contribution < 1.29 is 9.59 Å². The predicted molar refractivity (Wildman–Crippen MR) is 122 cm³/mol. The highest BCUT2D eigenvalue weighted by Crippen LogP contribution is 2.32. The van der Waals surface area contributed by atoms with Crippen LogP contribution in [0.5, 0.6) is 0 Å². The Morgan fingerprint density at radius 1 is 1.06 bits per heavy atom. The van der Waals surface area contributed by atoms with Crippen LogP contribution in [0.15, 0.2) is 24.3 Å². The highest BCUT2D eigenvalue weighted by molar-refractivity contribution is 7.15. The smallest absolute Gasteiger partial charge is 0.236 e. The highest BCUT2D eigenvalue weighted by Gasteiger charge is 2.30. The molecule has 1 saturated heterocycles. The summed E-state index contributed by atoms with van der Waals surface area (Å²) in [5.41, 5.74) is 2.94. The summed E-state index contributed by atoms with van der Waals surface area (Å²) in [6.45, 7) is 7.57. The van der Waals surface area contributed by atoms with E-state index in [2.05, 4.69) is 14.7 Å². The third-order valence-electron chi connectivity index (χ3n) is 6.97. The van der Waals surface area contributed by atoms with Gasteiger partial charge in [-0.2, -0.15) is 0 Å². The fourth-order valence-corrected chi connectivity index (χ4v) is 5.89. The molecule has 1 aliphatic carbocycles. The molecule has 2 aliphatic heterocycles. The Morgan fingerprint density at radius 2 is 1.81 bits per heavy atom. The number of hydrogen-bond donors (Lipinski definition) is 0. The fraction of sp³-hybridized carbons (Fsp3) is 0.542. The Kier molecular flexibility index (Phi) is 5.91. The van der Waals surface area contributed by atoms with Crippen molar-refractivity contribution >= 4 is 23.0 Å². The van der Waals surface area contributed by atoms with Gasteiger partial charge in [0.1, 0.15) is 5.01 Å². The molecule has 164 valence electrons. The van der Waals surface area contributed by atoms with E-state index in [0.717, 1.165) is 73.6 Å². The van der Waals surface area contributed by atoms with Crippen molar-refractivity contribution in [2.75, 3.05) is 39.3 Å². The van der Waals surface area contributed by atoms with Gasteiger partial charge in [0.25, 0.3) is 0 Å². The summed E-state index contributed by atoms with van der Waals surface area (Å²) in [6, 6.07) is 8.47. The molecule has 7 heteroatoms.